The zero-order chi connectivity index (χ0) is 30.9. The number of carbonyl (C=O) groups excluding carboxylic acids is 2. The van der Waals surface area contributed by atoms with Gasteiger partial charge in [0.25, 0.3) is 11.8 Å². The van der Waals surface area contributed by atoms with Crippen molar-refractivity contribution in [2.45, 2.75) is 39.5 Å². The third-order valence-electron chi connectivity index (χ3n) is 6.25. The number of rotatable bonds is 8. The number of alkyl halides is 3. The molecule has 0 aromatic heterocycles. The van der Waals surface area contributed by atoms with Gasteiger partial charge >= 0.3 is 6.18 Å². The molecule has 42 heavy (non-hydrogen) atoms. The molecule has 0 bridgehead atoms. The first-order chi connectivity index (χ1) is 20.0. The lowest BCUT2D eigenvalue weighted by Gasteiger charge is -2.27. The van der Waals surface area contributed by atoms with Crippen molar-refractivity contribution in [2.24, 2.45) is 0 Å². The molecule has 3 N–H and O–H groups in total. The Kier molecular flexibility index (Phi) is 10.8. The monoisotopic (exact) mass is 584 g/mol. The minimum Gasteiger partial charge on any atom is -0.497 e. The number of benzene rings is 3. The molecule has 0 fully saturated rings. The van der Waals surface area contributed by atoms with Crippen molar-refractivity contribution >= 4 is 23.2 Å². The maximum absolute atomic E-state index is 13.6. The Morgan fingerprint density at radius 2 is 1.69 bits per heavy atom. The standard InChI is InChI=1S/C29H26F4N4O3.C2H6/c1-40-22-4-2-3-19(13-22)15-35-27(38)20-7-5-18(6-8-20)16-37-12-11-26(34)23(17-37)28(39)36-21-9-10-25(30)24(14-21)29(31,32)33;1-2/h2-10,13-14,17,34H,11-12,15-16H2,1H3,(H,35,38)(H,36,39);1-2H3. The van der Waals surface area contributed by atoms with Crippen molar-refractivity contribution < 1.29 is 31.9 Å². The van der Waals surface area contributed by atoms with E-state index in [1.807, 2.05) is 38.1 Å². The van der Waals surface area contributed by atoms with Crippen LogP contribution < -0.4 is 15.4 Å². The zero-order valence-corrected chi connectivity index (χ0v) is 23.4. The number of amides is 2. The fourth-order valence-corrected chi connectivity index (χ4v) is 4.12. The quantitative estimate of drug-likeness (QED) is 0.262. The third-order valence-corrected chi connectivity index (χ3v) is 6.25. The van der Waals surface area contributed by atoms with Gasteiger partial charge in [-0.2, -0.15) is 13.2 Å². The fourth-order valence-electron chi connectivity index (χ4n) is 4.12. The second-order valence-electron chi connectivity index (χ2n) is 9.12. The molecule has 11 heteroatoms. The van der Waals surface area contributed by atoms with Gasteiger partial charge in [0.15, 0.2) is 0 Å². The van der Waals surface area contributed by atoms with E-state index in [1.165, 1.54) is 6.20 Å². The highest BCUT2D eigenvalue weighted by Gasteiger charge is 2.34. The smallest absolute Gasteiger partial charge is 0.419 e. The van der Waals surface area contributed by atoms with E-state index in [1.54, 1.807) is 36.3 Å². The van der Waals surface area contributed by atoms with Crippen LogP contribution in [0.3, 0.4) is 0 Å². The van der Waals surface area contributed by atoms with Gasteiger partial charge in [0, 0.05) is 49.2 Å². The lowest BCUT2D eigenvalue weighted by Crippen LogP contribution is -2.32. The summed E-state index contributed by atoms with van der Waals surface area (Å²) in [5.74, 6) is -1.75. The predicted octanol–water partition coefficient (Wildman–Crippen LogP) is 6.56. The Morgan fingerprint density at radius 3 is 2.36 bits per heavy atom. The highest BCUT2D eigenvalue weighted by molar-refractivity contribution is 6.24. The number of hydrogen-bond acceptors (Lipinski definition) is 5. The minimum absolute atomic E-state index is 0.00215. The van der Waals surface area contributed by atoms with Gasteiger partial charge in [-0.25, -0.2) is 4.39 Å². The average molecular weight is 585 g/mol. The van der Waals surface area contributed by atoms with Crippen LogP contribution in [0.25, 0.3) is 0 Å². The van der Waals surface area contributed by atoms with E-state index in [0.717, 1.165) is 17.2 Å². The maximum Gasteiger partial charge on any atom is 0.419 e. The molecule has 1 aliphatic rings. The van der Waals surface area contributed by atoms with Gasteiger partial charge in [-0.05, 0) is 53.6 Å². The lowest BCUT2D eigenvalue weighted by atomic mass is 10.0. The van der Waals surface area contributed by atoms with Gasteiger partial charge in [0.1, 0.15) is 11.6 Å². The summed E-state index contributed by atoms with van der Waals surface area (Å²) in [5.41, 5.74) is 0.531. The molecule has 2 amide bonds. The lowest BCUT2D eigenvalue weighted by molar-refractivity contribution is -0.140. The minimum atomic E-state index is -4.91. The van der Waals surface area contributed by atoms with Crippen molar-refractivity contribution in [3.63, 3.8) is 0 Å². The van der Waals surface area contributed by atoms with Gasteiger partial charge in [0.2, 0.25) is 0 Å². The Morgan fingerprint density at radius 1 is 0.976 bits per heavy atom. The van der Waals surface area contributed by atoms with E-state index in [2.05, 4.69) is 10.6 Å². The SMILES string of the molecule is CC.COc1cccc(CNC(=O)c2ccc(CN3C=C(C(=O)Nc4ccc(F)c(C(F)(F)F)c4)C(=N)CC3)cc2)c1. The molecule has 0 unspecified atom stereocenters. The van der Waals surface area contributed by atoms with Gasteiger partial charge in [-0.3, -0.25) is 9.59 Å². The van der Waals surface area contributed by atoms with Crippen LogP contribution in [0.4, 0.5) is 23.2 Å². The van der Waals surface area contributed by atoms with Crippen molar-refractivity contribution in [3.05, 3.63) is 107 Å². The van der Waals surface area contributed by atoms with Crippen molar-refractivity contribution in [3.8, 4) is 5.75 Å². The summed E-state index contributed by atoms with van der Waals surface area (Å²) in [6, 6.07) is 16.5. The Labute approximate surface area is 241 Å². The van der Waals surface area contributed by atoms with Crippen LogP contribution in [-0.4, -0.2) is 36.1 Å². The number of ether oxygens (including phenoxy) is 1. The Balaban J connectivity index is 0.00000237. The molecule has 0 saturated heterocycles. The van der Waals surface area contributed by atoms with Crippen molar-refractivity contribution in [1.82, 2.24) is 10.2 Å². The fraction of sp³-hybridized carbons (Fsp3) is 0.258. The molecule has 0 atom stereocenters. The summed E-state index contributed by atoms with van der Waals surface area (Å²) in [7, 11) is 1.57. The van der Waals surface area contributed by atoms with Gasteiger partial charge in [0.05, 0.1) is 18.2 Å². The molecule has 0 saturated carbocycles. The second-order valence-corrected chi connectivity index (χ2v) is 9.12. The Bertz CT molecular complexity index is 1450. The van der Waals surface area contributed by atoms with Crippen molar-refractivity contribution in [2.75, 3.05) is 19.0 Å². The number of methoxy groups -OCH3 is 1. The number of nitrogens with zero attached hydrogens (tertiary/aromatic N) is 1. The first-order valence-corrected chi connectivity index (χ1v) is 13.3. The molecule has 0 aliphatic carbocycles. The zero-order valence-electron chi connectivity index (χ0n) is 23.4. The Hall–Kier alpha value is -4.67. The molecular weight excluding hydrogens is 552 g/mol. The molecular formula is C31H32F4N4O3. The maximum atomic E-state index is 13.6. The van der Waals surface area contributed by atoms with Crippen LogP contribution in [-0.2, 0) is 24.1 Å². The van der Waals surface area contributed by atoms with E-state index >= 15 is 0 Å². The molecule has 3 aromatic rings. The van der Waals surface area contributed by atoms with E-state index in [-0.39, 0.29) is 29.3 Å². The van der Waals surface area contributed by atoms with E-state index < -0.39 is 23.5 Å². The van der Waals surface area contributed by atoms with Gasteiger partial charge < -0.3 is 25.7 Å². The topological polar surface area (TPSA) is 94.5 Å². The molecule has 7 nitrogen and oxygen atoms in total. The van der Waals surface area contributed by atoms with Crippen LogP contribution in [0.15, 0.2) is 78.5 Å². The normalized spacial score (nSPS) is 13.0. The highest BCUT2D eigenvalue weighted by atomic mass is 19.4. The average Bonchev–Trinajstić information content (AvgIpc) is 2.98. The second kappa shape index (κ2) is 14.3. The summed E-state index contributed by atoms with van der Waals surface area (Å²) >= 11 is 0. The largest absolute Gasteiger partial charge is 0.497 e. The molecule has 0 radical (unpaired) electrons. The summed E-state index contributed by atoms with van der Waals surface area (Å²) in [5, 5.41) is 13.3. The number of nitrogens with one attached hydrogen (secondary N) is 3. The first kappa shape index (κ1) is 31.9. The summed E-state index contributed by atoms with van der Waals surface area (Å²) in [6.45, 7) is 5.17. The molecule has 222 valence electrons. The van der Waals surface area contributed by atoms with Gasteiger partial charge in [-0.1, -0.05) is 38.1 Å². The summed E-state index contributed by atoms with van der Waals surface area (Å²) < 4.78 is 57.8. The predicted molar refractivity (Wildman–Crippen MR) is 153 cm³/mol. The first-order valence-electron chi connectivity index (χ1n) is 13.3. The van der Waals surface area contributed by atoms with Crippen LogP contribution >= 0.6 is 0 Å². The molecule has 1 heterocycles. The number of carbonyl (C=O) groups is 2. The van der Waals surface area contributed by atoms with Crippen LogP contribution in [0.5, 0.6) is 5.75 Å². The molecule has 1 aliphatic heterocycles. The summed E-state index contributed by atoms with van der Waals surface area (Å²) in [4.78, 5) is 27.1. The summed E-state index contributed by atoms with van der Waals surface area (Å²) in [6.07, 6.45) is -3.18. The number of halogens is 4. The molecule has 4 rings (SSSR count). The van der Waals surface area contributed by atoms with Crippen LogP contribution in [0.2, 0.25) is 0 Å². The van der Waals surface area contributed by atoms with Crippen molar-refractivity contribution in [1.29, 1.82) is 5.41 Å². The number of anilines is 1. The van der Waals surface area contributed by atoms with E-state index in [0.29, 0.717) is 43.1 Å². The molecule has 3 aromatic carbocycles. The molecule has 0 spiro atoms. The third kappa shape index (κ3) is 8.42. The van der Waals surface area contributed by atoms with Crippen LogP contribution in [0.1, 0.15) is 47.3 Å². The van der Waals surface area contributed by atoms with E-state index in [9.17, 15) is 27.2 Å². The van der Waals surface area contributed by atoms with E-state index in [4.69, 9.17) is 10.1 Å². The highest BCUT2D eigenvalue weighted by Crippen LogP contribution is 2.33. The van der Waals surface area contributed by atoms with Crippen LogP contribution in [0, 0.1) is 11.2 Å². The van der Waals surface area contributed by atoms with Gasteiger partial charge in [-0.15, -0.1) is 0 Å². The number of hydrogen-bond donors (Lipinski definition) is 3.